The van der Waals surface area contributed by atoms with Crippen LogP contribution in [0, 0.1) is 0 Å². The molecule has 0 aliphatic rings. The van der Waals surface area contributed by atoms with Gasteiger partial charge < -0.3 is 27.1 Å². The third-order valence-electron chi connectivity index (χ3n) is 6.84. The maximum atomic E-state index is 13.9. The van der Waals surface area contributed by atoms with Crippen molar-refractivity contribution in [2.45, 2.75) is 0 Å². The van der Waals surface area contributed by atoms with Crippen molar-refractivity contribution in [2.75, 3.05) is 19.8 Å². The van der Waals surface area contributed by atoms with Gasteiger partial charge in [-0.25, -0.2) is 13.7 Å². The monoisotopic (exact) mass is 816 g/mol. The van der Waals surface area contributed by atoms with Crippen LogP contribution in [0.25, 0.3) is 12.2 Å². The van der Waals surface area contributed by atoms with Crippen LogP contribution in [0.1, 0.15) is 11.1 Å². The van der Waals surface area contributed by atoms with E-state index in [4.69, 9.17) is 40.7 Å². The Kier molecular flexibility index (Phi) is 15.1. The molecule has 0 aliphatic carbocycles. The summed E-state index contributed by atoms with van der Waals surface area (Å²) in [6.45, 7) is 10.5. The zero-order valence-electron chi connectivity index (χ0n) is 30.1. The lowest BCUT2D eigenvalue weighted by Gasteiger charge is -2.21. The van der Waals surface area contributed by atoms with Gasteiger partial charge >= 0.3 is 23.5 Å². The third kappa shape index (κ3) is 13.3. The summed E-state index contributed by atoms with van der Waals surface area (Å²) < 4.78 is 92.1. The molecule has 0 saturated heterocycles. The van der Waals surface area contributed by atoms with E-state index in [1.54, 1.807) is 140 Å². The molecule has 5 rings (SSSR count). The first-order valence-corrected chi connectivity index (χ1v) is 21.3. The van der Waals surface area contributed by atoms with Crippen LogP contribution < -0.4 is 27.1 Å². The van der Waals surface area contributed by atoms with E-state index in [0.717, 1.165) is 0 Å². The lowest BCUT2D eigenvalue weighted by Crippen LogP contribution is -2.07. The molecule has 0 amide bonds. The van der Waals surface area contributed by atoms with Gasteiger partial charge in [-0.15, -0.1) is 19.7 Å². The first-order valence-electron chi connectivity index (χ1n) is 16.9. The number of para-hydroxylation sites is 3. The van der Waals surface area contributed by atoms with Crippen LogP contribution in [0.15, 0.2) is 171 Å². The minimum absolute atomic E-state index is 0.0297. The molecule has 15 heteroatoms. The summed E-state index contributed by atoms with van der Waals surface area (Å²) in [6.07, 6.45) is 7.65. The molecule has 3 unspecified atom stereocenters. The number of phosphoric acid groups is 3. The summed E-state index contributed by atoms with van der Waals surface area (Å²) in [7, 11) is -12.7. The fraction of sp³-hybridized carbons (Fsp3) is 0.0732. The number of rotatable bonds is 23. The highest BCUT2D eigenvalue weighted by atomic mass is 31.2. The molecular weight excluding hydrogens is 777 g/mol. The van der Waals surface area contributed by atoms with Crippen molar-refractivity contribution >= 4 is 35.6 Å². The van der Waals surface area contributed by atoms with E-state index in [0.29, 0.717) is 16.9 Å². The second-order valence-corrected chi connectivity index (χ2v) is 15.8. The van der Waals surface area contributed by atoms with Gasteiger partial charge in [0.15, 0.2) is 0 Å². The van der Waals surface area contributed by atoms with Gasteiger partial charge in [-0.2, -0.15) is 0 Å². The summed E-state index contributed by atoms with van der Waals surface area (Å²) in [5.41, 5.74) is 1.14. The summed E-state index contributed by atoms with van der Waals surface area (Å²) >= 11 is 0. The molecule has 0 aliphatic heterocycles. The van der Waals surface area contributed by atoms with Crippen molar-refractivity contribution in [3.8, 4) is 34.5 Å². The van der Waals surface area contributed by atoms with E-state index in [1.807, 2.05) is 0 Å². The van der Waals surface area contributed by atoms with Crippen LogP contribution in [-0.4, -0.2) is 19.8 Å². The van der Waals surface area contributed by atoms with Gasteiger partial charge in [-0.05, 0) is 71.8 Å². The van der Waals surface area contributed by atoms with E-state index < -0.39 is 23.5 Å². The maximum absolute atomic E-state index is 13.9. The smallest absolute Gasteiger partial charge is 0.395 e. The quantitative estimate of drug-likeness (QED) is 0.0353. The minimum Gasteiger partial charge on any atom is -0.395 e. The van der Waals surface area contributed by atoms with Gasteiger partial charge in [0.2, 0.25) is 0 Å². The number of benzene rings is 5. The Labute approximate surface area is 326 Å². The van der Waals surface area contributed by atoms with Gasteiger partial charge in [0.1, 0.15) is 34.5 Å². The SMILES string of the molecule is C=CCOP(=O)(Oc1ccccc1)Oc1ccc(/C=C/c2cc(OP(=O)(OCC=C)Oc3ccccc3)cc(OP(=O)(OCC=C)Oc3ccccc3)c2)cc1. The fourth-order valence-corrected chi connectivity index (χ4v) is 8.03. The average Bonchev–Trinajstić information content (AvgIpc) is 3.19. The molecule has 0 heterocycles. The van der Waals surface area contributed by atoms with Gasteiger partial charge in [0.05, 0.1) is 19.8 Å². The molecule has 5 aromatic carbocycles. The molecule has 290 valence electrons. The molecular formula is C41H39O12P3. The van der Waals surface area contributed by atoms with Crippen LogP contribution in [0.4, 0.5) is 0 Å². The summed E-state index contributed by atoms with van der Waals surface area (Å²) in [6, 6.07) is 36.2. The topological polar surface area (TPSA) is 134 Å². The molecule has 0 radical (unpaired) electrons. The van der Waals surface area contributed by atoms with Crippen LogP contribution >= 0.6 is 23.5 Å². The average molecular weight is 817 g/mol. The van der Waals surface area contributed by atoms with Gasteiger partial charge in [-0.1, -0.05) is 97.1 Å². The van der Waals surface area contributed by atoms with Crippen molar-refractivity contribution in [3.63, 3.8) is 0 Å². The number of hydrogen-bond donors (Lipinski definition) is 0. The van der Waals surface area contributed by atoms with Crippen molar-refractivity contribution in [1.82, 2.24) is 0 Å². The van der Waals surface area contributed by atoms with Crippen molar-refractivity contribution in [1.29, 1.82) is 0 Å². The molecule has 3 atom stereocenters. The standard InChI is InChI=1S/C41H39O12P3/c1-4-28-45-54(42,48-36-16-10-7-11-17-36)51-39-26-24-34(25-27-39)22-23-35-31-40(52-55(43,46-29-5-2)49-37-18-12-8-13-19-37)33-41(32-35)53-56(44,47-30-6-3)50-38-20-14-9-15-21-38/h4-27,31-33H,1-3,28-30H2/b23-22+. The van der Waals surface area contributed by atoms with Crippen molar-refractivity contribution in [2.24, 2.45) is 0 Å². The molecule has 0 spiro atoms. The van der Waals surface area contributed by atoms with Crippen molar-refractivity contribution in [3.05, 3.63) is 183 Å². The van der Waals surface area contributed by atoms with E-state index in [2.05, 4.69) is 19.7 Å². The van der Waals surface area contributed by atoms with E-state index in [1.165, 1.54) is 24.3 Å². The van der Waals surface area contributed by atoms with Crippen LogP contribution in [0.5, 0.6) is 34.5 Å². The molecule has 12 nitrogen and oxygen atoms in total. The summed E-state index contributed by atoms with van der Waals surface area (Å²) in [5.74, 6) is 0.927. The van der Waals surface area contributed by atoms with Gasteiger partial charge in [-0.3, -0.25) is 13.6 Å². The molecule has 0 aromatic heterocycles. The molecule has 0 saturated carbocycles. The van der Waals surface area contributed by atoms with Crippen LogP contribution in [-0.2, 0) is 27.3 Å². The number of hydrogen-bond acceptors (Lipinski definition) is 12. The highest BCUT2D eigenvalue weighted by Crippen LogP contribution is 2.53. The predicted octanol–water partition coefficient (Wildman–Crippen LogP) is 12.2. The van der Waals surface area contributed by atoms with Gasteiger partial charge in [0.25, 0.3) is 0 Å². The van der Waals surface area contributed by atoms with E-state index in [9.17, 15) is 13.7 Å². The summed E-state index contributed by atoms with van der Waals surface area (Å²) in [4.78, 5) is 0. The Hall–Kier alpha value is -5.57. The molecule has 0 fully saturated rings. The van der Waals surface area contributed by atoms with Crippen molar-refractivity contribution < 1.29 is 54.4 Å². The Morgan fingerprint density at radius 3 is 1.02 bits per heavy atom. The predicted molar refractivity (Wildman–Crippen MR) is 216 cm³/mol. The lowest BCUT2D eigenvalue weighted by atomic mass is 10.1. The molecule has 56 heavy (non-hydrogen) atoms. The normalized spacial score (nSPS) is 14.2. The highest BCUT2D eigenvalue weighted by Gasteiger charge is 2.34. The minimum atomic E-state index is -4.33. The largest absolute Gasteiger partial charge is 0.587 e. The first kappa shape index (κ1) is 41.6. The Morgan fingerprint density at radius 2 is 0.679 bits per heavy atom. The van der Waals surface area contributed by atoms with Crippen LogP contribution in [0.3, 0.4) is 0 Å². The second-order valence-electron chi connectivity index (χ2n) is 11.2. The van der Waals surface area contributed by atoms with E-state index >= 15 is 0 Å². The number of phosphoric ester groups is 3. The van der Waals surface area contributed by atoms with E-state index in [-0.39, 0.29) is 48.6 Å². The zero-order chi connectivity index (χ0) is 39.7. The fourth-order valence-electron chi connectivity index (χ4n) is 4.49. The molecule has 0 N–H and O–H groups in total. The lowest BCUT2D eigenvalue weighted by molar-refractivity contribution is 0.226. The zero-order valence-corrected chi connectivity index (χ0v) is 32.8. The Bertz CT molecular complexity index is 2120. The summed E-state index contributed by atoms with van der Waals surface area (Å²) in [5, 5.41) is 0. The Balaban J connectivity index is 1.44. The Morgan fingerprint density at radius 1 is 0.375 bits per heavy atom. The van der Waals surface area contributed by atoms with Gasteiger partial charge in [0, 0.05) is 6.07 Å². The van der Waals surface area contributed by atoms with Crippen LogP contribution in [0.2, 0.25) is 0 Å². The highest BCUT2D eigenvalue weighted by molar-refractivity contribution is 7.50. The molecule has 5 aromatic rings. The first-order chi connectivity index (χ1) is 27.1. The maximum Gasteiger partial charge on any atom is 0.587 e. The molecule has 0 bridgehead atoms. The third-order valence-corrected chi connectivity index (χ3v) is 10.8. The second kappa shape index (κ2) is 20.4.